The second-order valence-electron chi connectivity index (χ2n) is 7.07. The fourth-order valence-electron chi connectivity index (χ4n) is 2.70. The minimum absolute atomic E-state index is 0.0699. The number of nitrogens with zero attached hydrogens (tertiary/aromatic N) is 1. The number of rotatable bonds is 5. The first-order chi connectivity index (χ1) is 10.3. The molecule has 4 nitrogen and oxygen atoms in total. The van der Waals surface area contributed by atoms with E-state index in [9.17, 15) is 9.18 Å². The lowest BCUT2D eigenvalue weighted by atomic mass is 9.96. The molecule has 0 saturated carbocycles. The van der Waals surface area contributed by atoms with Crippen molar-refractivity contribution in [1.82, 2.24) is 10.2 Å². The molecule has 5 heteroatoms. The van der Waals surface area contributed by atoms with Crippen LogP contribution in [0.15, 0.2) is 18.2 Å². The average molecular weight is 308 g/mol. The average Bonchev–Trinajstić information content (AvgIpc) is 2.76. The lowest BCUT2D eigenvalue weighted by Gasteiger charge is -2.26. The molecule has 1 heterocycles. The van der Waals surface area contributed by atoms with Gasteiger partial charge in [-0.15, -0.1) is 0 Å². The smallest absolute Gasteiger partial charge is 0.224 e. The predicted octanol–water partition coefficient (Wildman–Crippen LogP) is 2.57. The van der Waals surface area contributed by atoms with E-state index >= 15 is 0 Å². The van der Waals surface area contributed by atoms with E-state index in [-0.39, 0.29) is 23.2 Å². The van der Waals surface area contributed by atoms with Crippen LogP contribution in [0.3, 0.4) is 0 Å². The van der Waals surface area contributed by atoms with Gasteiger partial charge >= 0.3 is 0 Å². The van der Waals surface area contributed by atoms with Crippen LogP contribution >= 0.6 is 0 Å². The highest BCUT2D eigenvalue weighted by Gasteiger charge is 2.31. The molecule has 0 radical (unpaired) electrons. The number of benzene rings is 1. The first-order valence-electron chi connectivity index (χ1n) is 7.62. The van der Waals surface area contributed by atoms with Gasteiger partial charge in [-0.1, -0.05) is 20.8 Å². The lowest BCUT2D eigenvalue weighted by molar-refractivity contribution is -0.128. The number of likely N-dealkylation sites (tertiary alicyclic amines) is 1. The Labute approximate surface area is 131 Å². The summed E-state index contributed by atoms with van der Waals surface area (Å²) < 4.78 is 18.9. The summed E-state index contributed by atoms with van der Waals surface area (Å²) in [5.74, 6) is 0.540. The van der Waals surface area contributed by atoms with Crippen LogP contribution in [-0.2, 0) is 11.3 Å². The van der Waals surface area contributed by atoms with E-state index in [1.54, 1.807) is 19.2 Å². The quantitative estimate of drug-likeness (QED) is 0.909. The van der Waals surface area contributed by atoms with E-state index in [0.717, 1.165) is 6.54 Å². The molecule has 0 aromatic heterocycles. The zero-order valence-corrected chi connectivity index (χ0v) is 13.8. The molecular formula is C17H25FN2O2. The van der Waals surface area contributed by atoms with Crippen LogP contribution in [-0.4, -0.2) is 37.0 Å². The third-order valence-electron chi connectivity index (χ3n) is 3.71. The van der Waals surface area contributed by atoms with Gasteiger partial charge in [-0.25, -0.2) is 4.39 Å². The molecule has 0 spiro atoms. The third-order valence-corrected chi connectivity index (χ3v) is 3.71. The second kappa shape index (κ2) is 6.65. The molecule has 1 fully saturated rings. The molecule has 0 bridgehead atoms. The van der Waals surface area contributed by atoms with Gasteiger partial charge in [-0.3, -0.25) is 4.79 Å². The van der Waals surface area contributed by atoms with Crippen LogP contribution in [0, 0.1) is 11.2 Å². The Bertz CT molecular complexity index is 540. The highest BCUT2D eigenvalue weighted by molar-refractivity contribution is 5.79. The fraction of sp³-hybridized carbons (Fsp3) is 0.588. The van der Waals surface area contributed by atoms with Crippen molar-refractivity contribution in [3.8, 4) is 5.75 Å². The molecule has 1 aromatic carbocycles. The summed E-state index contributed by atoms with van der Waals surface area (Å²) in [7, 11) is 1.56. The molecule has 0 aliphatic carbocycles. The second-order valence-corrected chi connectivity index (χ2v) is 7.07. The number of methoxy groups -OCH3 is 1. The zero-order chi connectivity index (χ0) is 16.3. The molecule has 1 aliphatic heterocycles. The van der Waals surface area contributed by atoms with Gasteiger partial charge in [0.05, 0.1) is 7.11 Å². The van der Waals surface area contributed by atoms with Gasteiger partial charge in [-0.05, 0) is 23.6 Å². The number of amides is 1. The monoisotopic (exact) mass is 308 g/mol. The van der Waals surface area contributed by atoms with E-state index in [4.69, 9.17) is 4.74 Å². The first kappa shape index (κ1) is 16.7. The Morgan fingerprint density at radius 2 is 2.14 bits per heavy atom. The van der Waals surface area contributed by atoms with E-state index in [1.165, 1.54) is 6.07 Å². The van der Waals surface area contributed by atoms with Gasteiger partial charge in [-0.2, -0.15) is 0 Å². The number of nitrogens with one attached hydrogen (secondary N) is 1. The Balaban J connectivity index is 1.92. The van der Waals surface area contributed by atoms with Gasteiger partial charge < -0.3 is 15.0 Å². The molecule has 22 heavy (non-hydrogen) atoms. The minimum atomic E-state index is -0.260. The molecule has 1 saturated heterocycles. The van der Waals surface area contributed by atoms with Crippen molar-refractivity contribution in [2.45, 2.75) is 39.8 Å². The van der Waals surface area contributed by atoms with Crippen LogP contribution in [0.2, 0.25) is 0 Å². The first-order valence-corrected chi connectivity index (χ1v) is 7.62. The number of ether oxygens (including phenoxy) is 1. The molecule has 1 aromatic rings. The summed E-state index contributed by atoms with van der Waals surface area (Å²) in [6.07, 6.45) is 0.474. The highest BCUT2D eigenvalue weighted by Crippen LogP contribution is 2.21. The fourth-order valence-corrected chi connectivity index (χ4v) is 2.70. The number of carbonyl (C=O) groups excluding carboxylic acids is 1. The molecule has 1 atom stereocenters. The van der Waals surface area contributed by atoms with Crippen molar-refractivity contribution < 1.29 is 13.9 Å². The van der Waals surface area contributed by atoms with Crippen LogP contribution in [0.25, 0.3) is 0 Å². The van der Waals surface area contributed by atoms with Crippen molar-refractivity contribution in [3.05, 3.63) is 29.6 Å². The van der Waals surface area contributed by atoms with E-state index < -0.39 is 0 Å². The summed E-state index contributed by atoms with van der Waals surface area (Å²) in [5, 5.41) is 3.28. The van der Waals surface area contributed by atoms with Crippen molar-refractivity contribution in [2.75, 3.05) is 20.2 Å². The van der Waals surface area contributed by atoms with Gasteiger partial charge in [0.15, 0.2) is 0 Å². The van der Waals surface area contributed by atoms with E-state index in [1.807, 2.05) is 4.90 Å². The normalized spacial score (nSPS) is 18.9. The van der Waals surface area contributed by atoms with Gasteiger partial charge in [0.25, 0.3) is 0 Å². The van der Waals surface area contributed by atoms with Crippen molar-refractivity contribution >= 4 is 5.91 Å². The third kappa shape index (κ3) is 4.44. The predicted molar refractivity (Wildman–Crippen MR) is 84.2 cm³/mol. The number of hydrogen-bond acceptors (Lipinski definition) is 3. The van der Waals surface area contributed by atoms with Crippen LogP contribution in [0.1, 0.15) is 32.8 Å². The zero-order valence-electron chi connectivity index (χ0n) is 13.8. The minimum Gasteiger partial charge on any atom is -0.497 e. The molecule has 2 rings (SSSR count). The molecule has 1 aliphatic rings. The topological polar surface area (TPSA) is 41.6 Å². The SMILES string of the molecule is COc1ccc(F)c(CN[C@@H]2CC(=O)N(CC(C)(C)C)C2)c1. The summed E-state index contributed by atoms with van der Waals surface area (Å²) in [5.41, 5.74) is 0.643. The summed E-state index contributed by atoms with van der Waals surface area (Å²) >= 11 is 0. The van der Waals surface area contributed by atoms with Crippen LogP contribution < -0.4 is 10.1 Å². The van der Waals surface area contributed by atoms with Gasteiger partial charge in [0.2, 0.25) is 5.91 Å². The van der Waals surface area contributed by atoms with E-state index in [0.29, 0.717) is 30.8 Å². The Hall–Kier alpha value is -1.62. The van der Waals surface area contributed by atoms with Gasteiger partial charge in [0, 0.05) is 37.7 Å². The maximum atomic E-state index is 13.8. The molecule has 122 valence electrons. The molecule has 1 amide bonds. The Morgan fingerprint density at radius 1 is 1.41 bits per heavy atom. The summed E-state index contributed by atoms with van der Waals surface area (Å²) in [6, 6.07) is 4.76. The molecular weight excluding hydrogens is 283 g/mol. The number of carbonyl (C=O) groups is 1. The van der Waals surface area contributed by atoms with Crippen LogP contribution in [0.5, 0.6) is 5.75 Å². The largest absolute Gasteiger partial charge is 0.497 e. The summed E-state index contributed by atoms with van der Waals surface area (Å²) in [4.78, 5) is 13.9. The van der Waals surface area contributed by atoms with Gasteiger partial charge in [0.1, 0.15) is 11.6 Å². The Kier molecular flexibility index (Phi) is 5.06. The van der Waals surface area contributed by atoms with Crippen molar-refractivity contribution in [3.63, 3.8) is 0 Å². The molecule has 1 N–H and O–H groups in total. The number of hydrogen-bond donors (Lipinski definition) is 1. The maximum Gasteiger partial charge on any atom is 0.224 e. The Morgan fingerprint density at radius 3 is 2.77 bits per heavy atom. The van der Waals surface area contributed by atoms with Crippen molar-refractivity contribution in [2.24, 2.45) is 5.41 Å². The maximum absolute atomic E-state index is 13.8. The summed E-state index contributed by atoms with van der Waals surface area (Å²) in [6.45, 7) is 8.18. The number of halogens is 1. The standard InChI is InChI=1S/C17H25FN2O2/c1-17(2,3)11-20-10-13(8-16(20)21)19-9-12-7-14(22-4)5-6-15(12)18/h5-7,13,19H,8-11H2,1-4H3/t13-/m1/s1. The highest BCUT2D eigenvalue weighted by atomic mass is 19.1. The van der Waals surface area contributed by atoms with Crippen molar-refractivity contribution in [1.29, 1.82) is 0 Å². The molecule has 0 unspecified atom stereocenters. The van der Waals surface area contributed by atoms with Crippen LogP contribution in [0.4, 0.5) is 4.39 Å². The lowest BCUT2D eigenvalue weighted by Crippen LogP contribution is -2.36. The van der Waals surface area contributed by atoms with E-state index in [2.05, 4.69) is 26.1 Å².